The molecule has 4 nitrogen and oxygen atoms in total. The molecule has 0 bridgehead atoms. The molecule has 0 unspecified atom stereocenters. The number of hydrogen-bond donors (Lipinski definition) is 0. The van der Waals surface area contributed by atoms with E-state index in [1.165, 1.54) is 4.90 Å². The van der Waals surface area contributed by atoms with Gasteiger partial charge in [0.05, 0.1) is 15.1 Å². The van der Waals surface area contributed by atoms with Gasteiger partial charge in [0.2, 0.25) is 0 Å². The van der Waals surface area contributed by atoms with Crippen molar-refractivity contribution in [2.75, 3.05) is 4.90 Å². The summed E-state index contributed by atoms with van der Waals surface area (Å²) in [6.45, 7) is 4.27. The lowest BCUT2D eigenvalue weighted by molar-refractivity contribution is -0.113. The van der Waals surface area contributed by atoms with Crippen LogP contribution in [0.1, 0.15) is 16.7 Å². The van der Waals surface area contributed by atoms with Crippen LogP contribution < -0.4 is 9.64 Å². The maximum Gasteiger partial charge on any atom is 0.298 e. The highest BCUT2D eigenvalue weighted by Crippen LogP contribution is 2.38. The molecule has 1 fully saturated rings. The van der Waals surface area contributed by atoms with Crippen molar-refractivity contribution in [2.24, 2.45) is 0 Å². The zero-order valence-electron chi connectivity index (χ0n) is 17.5. The van der Waals surface area contributed by atoms with Crippen LogP contribution in [0.5, 0.6) is 5.75 Å². The molecule has 4 rings (SSSR count). The first-order valence-electron chi connectivity index (χ1n) is 10.1. The Kier molecular flexibility index (Phi) is 7.53. The molecule has 0 spiro atoms. The SMILES string of the molecule is C=CCc1cc(/C=C2\SC(=O)N(c3ccccc3)C2=O)cc(Br)c1OCc1ccc(Br)cc1. The van der Waals surface area contributed by atoms with E-state index in [1.54, 1.807) is 36.4 Å². The summed E-state index contributed by atoms with van der Waals surface area (Å²) in [6.07, 6.45) is 4.15. The fourth-order valence-electron chi connectivity index (χ4n) is 3.38. The minimum atomic E-state index is -0.326. The first-order chi connectivity index (χ1) is 16.0. The molecule has 0 aromatic heterocycles. The van der Waals surface area contributed by atoms with E-state index in [1.807, 2.05) is 42.5 Å². The van der Waals surface area contributed by atoms with Gasteiger partial charge in [-0.25, -0.2) is 4.90 Å². The third-order valence-corrected chi connectivity index (χ3v) is 6.90. The molecule has 7 heteroatoms. The number of imide groups is 1. The van der Waals surface area contributed by atoms with E-state index in [9.17, 15) is 9.59 Å². The second kappa shape index (κ2) is 10.5. The van der Waals surface area contributed by atoms with Crippen LogP contribution in [-0.4, -0.2) is 11.1 Å². The van der Waals surface area contributed by atoms with E-state index in [-0.39, 0.29) is 11.1 Å². The molecule has 166 valence electrons. The zero-order chi connectivity index (χ0) is 23.4. The first kappa shape index (κ1) is 23.5. The fourth-order valence-corrected chi connectivity index (χ4v) is 5.12. The Bertz CT molecular complexity index is 1240. The lowest BCUT2D eigenvalue weighted by Crippen LogP contribution is -2.27. The number of nitrogens with zero attached hydrogens (tertiary/aromatic N) is 1. The number of halogens is 2. The smallest absolute Gasteiger partial charge is 0.298 e. The quantitative estimate of drug-likeness (QED) is 0.210. The Morgan fingerprint density at radius 3 is 2.42 bits per heavy atom. The van der Waals surface area contributed by atoms with Crippen molar-refractivity contribution >= 4 is 66.5 Å². The standard InChI is InChI=1S/C26H19Br2NO3S/c1-2-6-19-13-18(14-22(28)24(19)32-16-17-9-11-20(27)12-10-17)15-23-25(30)29(26(31)33-23)21-7-4-3-5-8-21/h2-5,7-15H,1,6,16H2/b23-15-. The fraction of sp³-hybridized carbons (Fsp3) is 0.0769. The van der Waals surface area contributed by atoms with Gasteiger partial charge in [-0.3, -0.25) is 9.59 Å². The molecule has 2 amide bonds. The molecule has 0 saturated carbocycles. The number of thioether (sulfide) groups is 1. The molecule has 1 saturated heterocycles. The summed E-state index contributed by atoms with van der Waals surface area (Å²) < 4.78 is 7.90. The summed E-state index contributed by atoms with van der Waals surface area (Å²) in [5, 5.41) is -0.308. The van der Waals surface area contributed by atoms with Crippen molar-refractivity contribution in [3.05, 3.63) is 110 Å². The van der Waals surface area contributed by atoms with Crippen LogP contribution in [-0.2, 0) is 17.8 Å². The van der Waals surface area contributed by atoms with Gasteiger partial charge in [0.15, 0.2) is 0 Å². The van der Waals surface area contributed by atoms with Gasteiger partial charge < -0.3 is 4.74 Å². The van der Waals surface area contributed by atoms with Gasteiger partial charge in [-0.2, -0.15) is 0 Å². The number of benzene rings is 3. The summed E-state index contributed by atoms with van der Waals surface area (Å²) in [5.41, 5.74) is 3.35. The number of carbonyl (C=O) groups excluding carboxylic acids is 2. The summed E-state index contributed by atoms with van der Waals surface area (Å²) >= 11 is 7.99. The van der Waals surface area contributed by atoms with Crippen LogP contribution in [0.3, 0.4) is 0 Å². The van der Waals surface area contributed by atoms with Gasteiger partial charge in [-0.05, 0) is 93.3 Å². The molecule has 1 aliphatic rings. The molecular formula is C26H19Br2NO3S. The van der Waals surface area contributed by atoms with E-state index in [0.717, 1.165) is 43.1 Å². The molecule has 0 N–H and O–H groups in total. The van der Waals surface area contributed by atoms with E-state index in [2.05, 4.69) is 38.4 Å². The minimum Gasteiger partial charge on any atom is -0.487 e. The Morgan fingerprint density at radius 2 is 1.73 bits per heavy atom. The molecular weight excluding hydrogens is 566 g/mol. The van der Waals surface area contributed by atoms with E-state index >= 15 is 0 Å². The van der Waals surface area contributed by atoms with Gasteiger partial charge in [-0.15, -0.1) is 6.58 Å². The predicted octanol–water partition coefficient (Wildman–Crippen LogP) is 7.76. The number of hydrogen-bond acceptors (Lipinski definition) is 4. The summed E-state index contributed by atoms with van der Waals surface area (Å²) in [6, 6.07) is 20.7. The predicted molar refractivity (Wildman–Crippen MR) is 141 cm³/mol. The summed E-state index contributed by atoms with van der Waals surface area (Å²) in [7, 11) is 0. The highest BCUT2D eigenvalue weighted by molar-refractivity contribution is 9.10. The number of rotatable bonds is 7. The number of amides is 2. The molecule has 0 radical (unpaired) electrons. The van der Waals surface area contributed by atoms with Gasteiger partial charge in [0.25, 0.3) is 11.1 Å². The second-order valence-electron chi connectivity index (χ2n) is 7.25. The van der Waals surface area contributed by atoms with Crippen molar-refractivity contribution in [2.45, 2.75) is 13.0 Å². The minimum absolute atomic E-state index is 0.308. The van der Waals surface area contributed by atoms with Gasteiger partial charge in [0.1, 0.15) is 12.4 Å². The van der Waals surface area contributed by atoms with E-state index in [0.29, 0.717) is 23.6 Å². The van der Waals surface area contributed by atoms with E-state index in [4.69, 9.17) is 4.74 Å². The average molecular weight is 585 g/mol. The number of carbonyl (C=O) groups is 2. The topological polar surface area (TPSA) is 46.6 Å². The summed E-state index contributed by atoms with van der Waals surface area (Å²) in [4.78, 5) is 27.0. The third-order valence-electron chi connectivity index (χ3n) is 4.91. The summed E-state index contributed by atoms with van der Waals surface area (Å²) in [5.74, 6) is 0.403. The van der Waals surface area contributed by atoms with Crippen molar-refractivity contribution < 1.29 is 14.3 Å². The van der Waals surface area contributed by atoms with Crippen molar-refractivity contribution in [3.8, 4) is 5.75 Å². The van der Waals surface area contributed by atoms with E-state index < -0.39 is 0 Å². The number of anilines is 1. The lowest BCUT2D eigenvalue weighted by atomic mass is 10.1. The Labute approximate surface area is 213 Å². The Hall–Kier alpha value is -2.61. The van der Waals surface area contributed by atoms with Crippen LogP contribution in [0.25, 0.3) is 6.08 Å². The van der Waals surface area contributed by atoms with Gasteiger partial charge in [-0.1, -0.05) is 52.3 Å². The highest BCUT2D eigenvalue weighted by Gasteiger charge is 2.36. The van der Waals surface area contributed by atoms with Crippen LogP contribution >= 0.6 is 43.6 Å². The normalized spacial score (nSPS) is 14.7. The first-order valence-corrected chi connectivity index (χ1v) is 12.5. The molecule has 1 aliphatic heterocycles. The van der Waals surface area contributed by atoms with Crippen molar-refractivity contribution in [1.82, 2.24) is 0 Å². The van der Waals surface area contributed by atoms with Crippen LogP contribution in [0.4, 0.5) is 10.5 Å². The number of ether oxygens (including phenoxy) is 1. The Balaban J connectivity index is 1.60. The molecule has 0 atom stereocenters. The van der Waals surface area contributed by atoms with Crippen LogP contribution in [0, 0.1) is 0 Å². The lowest BCUT2D eigenvalue weighted by Gasteiger charge is -2.14. The maximum absolute atomic E-state index is 12.9. The van der Waals surface area contributed by atoms with Crippen LogP contribution in [0.2, 0.25) is 0 Å². The Morgan fingerprint density at radius 1 is 1.00 bits per heavy atom. The molecule has 0 aliphatic carbocycles. The van der Waals surface area contributed by atoms with Crippen LogP contribution in [0.15, 0.2) is 93.2 Å². The van der Waals surface area contributed by atoms with Crippen molar-refractivity contribution in [1.29, 1.82) is 0 Å². The second-order valence-corrected chi connectivity index (χ2v) is 10.0. The molecule has 3 aromatic carbocycles. The maximum atomic E-state index is 12.9. The highest BCUT2D eigenvalue weighted by atomic mass is 79.9. The van der Waals surface area contributed by atoms with Gasteiger partial charge >= 0.3 is 0 Å². The zero-order valence-corrected chi connectivity index (χ0v) is 21.5. The molecule has 33 heavy (non-hydrogen) atoms. The number of allylic oxidation sites excluding steroid dienone is 1. The number of para-hydroxylation sites is 1. The molecule has 3 aromatic rings. The van der Waals surface area contributed by atoms with Gasteiger partial charge in [0, 0.05) is 4.47 Å². The largest absolute Gasteiger partial charge is 0.487 e. The van der Waals surface area contributed by atoms with Crippen molar-refractivity contribution in [3.63, 3.8) is 0 Å². The molecule has 1 heterocycles. The monoisotopic (exact) mass is 583 g/mol. The third kappa shape index (κ3) is 5.49. The average Bonchev–Trinajstić information content (AvgIpc) is 3.08.